The average Bonchev–Trinajstić information content (AvgIpc) is 3.60. The first-order chi connectivity index (χ1) is 14.5. The Balaban J connectivity index is 1.69. The van der Waals surface area contributed by atoms with Crippen LogP contribution in [0, 0.1) is 5.92 Å². The van der Waals surface area contributed by atoms with E-state index in [1.807, 2.05) is 0 Å². The fourth-order valence-corrected chi connectivity index (χ4v) is 4.73. The summed E-state index contributed by atoms with van der Waals surface area (Å²) in [6.07, 6.45) is 5.48. The molecular formula is C22H31N3O5. The van der Waals surface area contributed by atoms with Crippen molar-refractivity contribution < 1.29 is 19.1 Å². The molecule has 0 N–H and O–H groups in total. The van der Waals surface area contributed by atoms with E-state index in [9.17, 15) is 14.4 Å². The van der Waals surface area contributed by atoms with E-state index in [4.69, 9.17) is 9.47 Å². The zero-order valence-electron chi connectivity index (χ0n) is 17.9. The van der Waals surface area contributed by atoms with Crippen molar-refractivity contribution >= 4 is 11.9 Å². The van der Waals surface area contributed by atoms with Crippen molar-refractivity contribution in [2.45, 2.75) is 51.1 Å². The highest BCUT2D eigenvalue weighted by molar-refractivity contribution is 6.00. The molecule has 2 fully saturated rings. The first kappa shape index (κ1) is 20.9. The number of methoxy groups -OCH3 is 2. The smallest absolute Gasteiger partial charge is 0.328 e. The molecule has 1 aliphatic carbocycles. The number of esters is 1. The normalized spacial score (nSPS) is 22.2. The predicted molar refractivity (Wildman–Crippen MR) is 111 cm³/mol. The summed E-state index contributed by atoms with van der Waals surface area (Å²) in [6, 6.07) is 0.815. The van der Waals surface area contributed by atoms with E-state index >= 15 is 0 Å². The summed E-state index contributed by atoms with van der Waals surface area (Å²) < 4.78 is 12.1. The third-order valence-electron chi connectivity index (χ3n) is 6.57. The fourth-order valence-electron chi connectivity index (χ4n) is 4.73. The molecule has 0 spiro atoms. The highest BCUT2D eigenvalue weighted by Crippen LogP contribution is 2.31. The fraction of sp³-hybridized carbons (Fsp3) is 0.682. The van der Waals surface area contributed by atoms with Crippen LogP contribution in [-0.4, -0.2) is 72.7 Å². The van der Waals surface area contributed by atoms with E-state index in [0.29, 0.717) is 37.2 Å². The summed E-state index contributed by atoms with van der Waals surface area (Å²) in [5, 5.41) is 0. The molecule has 164 valence electrons. The monoisotopic (exact) mass is 417 g/mol. The number of pyridine rings is 1. The molecule has 8 nitrogen and oxygen atoms in total. The topological polar surface area (TPSA) is 81.1 Å². The van der Waals surface area contributed by atoms with Crippen LogP contribution in [0.15, 0.2) is 10.9 Å². The Bertz CT molecular complexity index is 876. The molecule has 1 aromatic rings. The predicted octanol–water partition coefficient (Wildman–Crippen LogP) is 1.29. The van der Waals surface area contributed by atoms with E-state index < -0.39 is 12.0 Å². The van der Waals surface area contributed by atoms with Gasteiger partial charge in [0, 0.05) is 50.9 Å². The molecule has 1 atom stereocenters. The largest absolute Gasteiger partial charge is 0.496 e. The standard InChI is InChI=1S/C22H31N3O5/c1-29-18-13-19(26)24-12-11-23(14-15-6-7-15)10-8-16(24)20(18)21(27)25-9-4-3-5-17(25)22(28)30-2/h13,15,17H,3-12,14H2,1-2H3/t17-/m1/s1. The number of fused-ring (bicyclic) bond motifs is 1. The van der Waals surface area contributed by atoms with E-state index in [1.54, 1.807) is 9.47 Å². The Hall–Kier alpha value is -2.35. The van der Waals surface area contributed by atoms with Crippen molar-refractivity contribution in [2.75, 3.05) is 40.4 Å². The molecule has 1 saturated carbocycles. The zero-order valence-corrected chi connectivity index (χ0v) is 17.9. The number of nitrogens with zero attached hydrogens (tertiary/aromatic N) is 3. The molecule has 2 aliphatic heterocycles. The van der Waals surface area contributed by atoms with Gasteiger partial charge in [-0.3, -0.25) is 9.59 Å². The van der Waals surface area contributed by atoms with Crippen LogP contribution >= 0.6 is 0 Å². The lowest BCUT2D eigenvalue weighted by Gasteiger charge is -2.34. The van der Waals surface area contributed by atoms with Crippen molar-refractivity contribution in [1.82, 2.24) is 14.4 Å². The third-order valence-corrected chi connectivity index (χ3v) is 6.57. The quantitative estimate of drug-likeness (QED) is 0.672. The van der Waals surface area contributed by atoms with Gasteiger partial charge in [0.1, 0.15) is 17.4 Å². The van der Waals surface area contributed by atoms with Gasteiger partial charge in [0.15, 0.2) is 0 Å². The number of amides is 1. The molecule has 3 heterocycles. The lowest BCUT2D eigenvalue weighted by Crippen LogP contribution is -2.49. The summed E-state index contributed by atoms with van der Waals surface area (Å²) in [6.45, 7) is 3.72. The average molecular weight is 418 g/mol. The Labute approximate surface area is 176 Å². The van der Waals surface area contributed by atoms with Crippen LogP contribution in [0.5, 0.6) is 5.75 Å². The number of hydrogen-bond acceptors (Lipinski definition) is 6. The number of aromatic nitrogens is 1. The molecule has 3 aliphatic rings. The minimum atomic E-state index is -0.592. The van der Waals surface area contributed by atoms with Gasteiger partial charge in [0.2, 0.25) is 0 Å². The van der Waals surface area contributed by atoms with Crippen LogP contribution in [-0.2, 0) is 22.5 Å². The molecule has 0 radical (unpaired) electrons. The van der Waals surface area contributed by atoms with Crippen LogP contribution in [0.3, 0.4) is 0 Å². The second-order valence-corrected chi connectivity index (χ2v) is 8.55. The summed E-state index contributed by atoms with van der Waals surface area (Å²) in [5.74, 6) is 0.423. The molecular weight excluding hydrogens is 386 g/mol. The summed E-state index contributed by atoms with van der Waals surface area (Å²) in [7, 11) is 2.83. The van der Waals surface area contributed by atoms with Gasteiger partial charge in [-0.05, 0) is 38.0 Å². The van der Waals surface area contributed by atoms with Crippen molar-refractivity contribution in [3.8, 4) is 5.75 Å². The zero-order chi connectivity index (χ0) is 21.3. The SMILES string of the molecule is COC(=O)[C@H]1CCCCN1C(=O)c1c(OC)cc(=O)n2c1CCN(CC1CC1)CC2. The van der Waals surface area contributed by atoms with Gasteiger partial charge in [-0.2, -0.15) is 0 Å². The number of rotatable bonds is 5. The number of ether oxygens (including phenoxy) is 2. The summed E-state index contributed by atoms with van der Waals surface area (Å²) in [5.41, 5.74) is 0.993. The summed E-state index contributed by atoms with van der Waals surface area (Å²) >= 11 is 0. The molecule has 8 heteroatoms. The van der Waals surface area contributed by atoms with Gasteiger partial charge in [0.25, 0.3) is 11.5 Å². The molecule has 0 unspecified atom stereocenters. The highest BCUT2D eigenvalue weighted by Gasteiger charge is 2.37. The van der Waals surface area contributed by atoms with Gasteiger partial charge in [0.05, 0.1) is 14.2 Å². The van der Waals surface area contributed by atoms with E-state index in [1.165, 1.54) is 33.1 Å². The maximum absolute atomic E-state index is 13.7. The molecule has 4 rings (SSSR count). The van der Waals surface area contributed by atoms with E-state index in [0.717, 1.165) is 44.1 Å². The van der Waals surface area contributed by atoms with Crippen LogP contribution in [0.4, 0.5) is 0 Å². The minimum absolute atomic E-state index is 0.144. The third kappa shape index (κ3) is 4.10. The Morgan fingerprint density at radius 3 is 2.57 bits per heavy atom. The lowest BCUT2D eigenvalue weighted by atomic mass is 9.99. The van der Waals surface area contributed by atoms with Crippen LogP contribution in [0.1, 0.15) is 48.2 Å². The van der Waals surface area contributed by atoms with Crippen molar-refractivity contribution in [3.63, 3.8) is 0 Å². The lowest BCUT2D eigenvalue weighted by molar-refractivity contribution is -0.147. The molecule has 1 amide bonds. The maximum Gasteiger partial charge on any atom is 0.328 e. The maximum atomic E-state index is 13.7. The van der Waals surface area contributed by atoms with Crippen LogP contribution in [0.2, 0.25) is 0 Å². The van der Waals surface area contributed by atoms with Gasteiger partial charge in [-0.15, -0.1) is 0 Å². The molecule has 0 bridgehead atoms. The second kappa shape index (κ2) is 8.79. The van der Waals surface area contributed by atoms with Crippen molar-refractivity contribution in [3.05, 3.63) is 27.7 Å². The van der Waals surface area contributed by atoms with Gasteiger partial charge in [-0.1, -0.05) is 0 Å². The first-order valence-electron chi connectivity index (χ1n) is 10.9. The van der Waals surface area contributed by atoms with Crippen molar-refractivity contribution in [2.24, 2.45) is 5.92 Å². The van der Waals surface area contributed by atoms with Crippen LogP contribution < -0.4 is 10.3 Å². The Morgan fingerprint density at radius 1 is 1.07 bits per heavy atom. The molecule has 0 aromatic carbocycles. The molecule has 1 saturated heterocycles. The Kier molecular flexibility index (Phi) is 6.13. The molecule has 30 heavy (non-hydrogen) atoms. The number of likely N-dealkylation sites (tertiary alicyclic amines) is 1. The van der Waals surface area contributed by atoms with Gasteiger partial charge < -0.3 is 23.8 Å². The first-order valence-corrected chi connectivity index (χ1v) is 10.9. The van der Waals surface area contributed by atoms with Crippen molar-refractivity contribution in [1.29, 1.82) is 0 Å². The number of carbonyl (C=O) groups is 2. The Morgan fingerprint density at radius 2 is 1.87 bits per heavy atom. The minimum Gasteiger partial charge on any atom is -0.496 e. The van der Waals surface area contributed by atoms with Gasteiger partial charge in [-0.25, -0.2) is 4.79 Å². The van der Waals surface area contributed by atoms with Crippen LogP contribution in [0.25, 0.3) is 0 Å². The number of hydrogen-bond donors (Lipinski definition) is 0. The van der Waals surface area contributed by atoms with E-state index in [-0.39, 0.29) is 11.5 Å². The van der Waals surface area contributed by atoms with E-state index in [2.05, 4.69) is 4.90 Å². The summed E-state index contributed by atoms with van der Waals surface area (Å²) in [4.78, 5) is 42.8. The number of carbonyl (C=O) groups excluding carboxylic acids is 2. The highest BCUT2D eigenvalue weighted by atomic mass is 16.5. The van der Waals surface area contributed by atoms with Gasteiger partial charge >= 0.3 is 5.97 Å². The molecule has 1 aromatic heterocycles. The number of piperidine rings is 1. The second-order valence-electron chi connectivity index (χ2n) is 8.55.